The summed E-state index contributed by atoms with van der Waals surface area (Å²) >= 11 is 0. The van der Waals surface area contributed by atoms with Gasteiger partial charge in [0.25, 0.3) is 0 Å². The summed E-state index contributed by atoms with van der Waals surface area (Å²) in [7, 11) is 1.54. The lowest BCUT2D eigenvalue weighted by atomic mass is 10.1. The number of likely N-dealkylation sites (tertiary alicyclic amines) is 1. The molecule has 1 amide bonds. The van der Waals surface area contributed by atoms with E-state index < -0.39 is 11.9 Å². The zero-order chi connectivity index (χ0) is 24.5. The van der Waals surface area contributed by atoms with E-state index in [4.69, 9.17) is 9.47 Å². The first-order chi connectivity index (χ1) is 16.4. The first-order valence-electron chi connectivity index (χ1n) is 11.2. The molecule has 1 saturated heterocycles. The molecule has 0 saturated carbocycles. The molecule has 0 bridgehead atoms. The number of ether oxygens (including phenoxy) is 2. The number of hydrogen-bond acceptors (Lipinski definition) is 5. The summed E-state index contributed by atoms with van der Waals surface area (Å²) in [6, 6.07) is 11.6. The Labute approximate surface area is 199 Å². The lowest BCUT2D eigenvalue weighted by Crippen LogP contribution is -2.33. The fourth-order valence-electron chi connectivity index (χ4n) is 3.70. The van der Waals surface area contributed by atoms with Crippen LogP contribution in [0.3, 0.4) is 0 Å². The number of nitrogens with zero attached hydrogens (tertiary/aromatic N) is 3. The van der Waals surface area contributed by atoms with Gasteiger partial charge in [-0.1, -0.05) is 18.2 Å². The Morgan fingerprint density at radius 2 is 2.06 bits per heavy atom. The first kappa shape index (κ1) is 25.2. The van der Waals surface area contributed by atoms with E-state index in [-0.39, 0.29) is 29.7 Å². The molecule has 1 atom stereocenters. The molecule has 2 N–H and O–H groups in total. The molecule has 1 fully saturated rings. The molecule has 0 aliphatic carbocycles. The second-order valence-corrected chi connectivity index (χ2v) is 8.18. The minimum Gasteiger partial charge on any atom is -0.507 e. The van der Waals surface area contributed by atoms with Crippen molar-refractivity contribution in [2.75, 3.05) is 40.0 Å². The summed E-state index contributed by atoms with van der Waals surface area (Å²) in [5, 5.41) is 13.1. The van der Waals surface area contributed by atoms with Crippen molar-refractivity contribution in [2.24, 2.45) is 15.9 Å². The summed E-state index contributed by atoms with van der Waals surface area (Å²) in [6.07, 6.45) is 0.393. The molecule has 8 nitrogen and oxygen atoms in total. The van der Waals surface area contributed by atoms with Crippen LogP contribution in [-0.2, 0) is 9.47 Å². The molecule has 182 valence electrons. The summed E-state index contributed by atoms with van der Waals surface area (Å²) in [6.45, 7) is 6.23. The minimum absolute atomic E-state index is 0.0421. The Balaban J connectivity index is 1.75. The molecule has 9 heteroatoms. The van der Waals surface area contributed by atoms with Crippen LogP contribution in [0.15, 0.2) is 52.4 Å². The monoisotopic (exact) mass is 470 g/mol. The average Bonchev–Trinajstić information content (AvgIpc) is 3.27. The van der Waals surface area contributed by atoms with E-state index in [1.807, 2.05) is 32.0 Å². The third kappa shape index (κ3) is 7.02. The van der Waals surface area contributed by atoms with Gasteiger partial charge in [0, 0.05) is 26.7 Å². The van der Waals surface area contributed by atoms with E-state index in [2.05, 4.69) is 20.2 Å². The van der Waals surface area contributed by atoms with Crippen molar-refractivity contribution in [2.45, 2.75) is 20.3 Å². The van der Waals surface area contributed by atoms with Crippen molar-refractivity contribution >= 4 is 23.5 Å². The number of amides is 1. The SMILES string of the molecule is COCCOC(=O)NC[C@@H]1CCN(/C(C)=N/C(=N\c2cccc(C)c2)c2c(O)cccc2F)C1. The Hall–Kier alpha value is -3.46. The lowest BCUT2D eigenvalue weighted by molar-refractivity contribution is 0.0979. The fourth-order valence-corrected chi connectivity index (χ4v) is 3.70. The van der Waals surface area contributed by atoms with Gasteiger partial charge >= 0.3 is 6.09 Å². The highest BCUT2D eigenvalue weighted by Gasteiger charge is 2.25. The van der Waals surface area contributed by atoms with Gasteiger partial charge < -0.3 is 24.8 Å². The highest BCUT2D eigenvalue weighted by molar-refractivity contribution is 6.08. The van der Waals surface area contributed by atoms with Gasteiger partial charge in [-0.25, -0.2) is 19.2 Å². The molecule has 0 aromatic heterocycles. The van der Waals surface area contributed by atoms with E-state index in [0.717, 1.165) is 18.5 Å². The summed E-state index contributed by atoms with van der Waals surface area (Å²) in [5.41, 5.74) is 1.58. The number of phenols is 1. The number of methoxy groups -OCH3 is 1. The molecule has 0 spiro atoms. The van der Waals surface area contributed by atoms with E-state index in [1.54, 1.807) is 13.2 Å². The number of rotatable bonds is 7. The number of aryl methyl sites for hydroxylation is 1. The Bertz CT molecular complexity index is 1040. The number of hydrogen-bond donors (Lipinski definition) is 2. The van der Waals surface area contributed by atoms with E-state index in [1.165, 1.54) is 18.2 Å². The second kappa shape index (κ2) is 12.1. The number of aromatic hydroxyl groups is 1. The maximum absolute atomic E-state index is 14.7. The number of benzene rings is 2. The van der Waals surface area contributed by atoms with E-state index in [0.29, 0.717) is 31.2 Å². The second-order valence-electron chi connectivity index (χ2n) is 8.18. The van der Waals surface area contributed by atoms with Gasteiger partial charge in [0.2, 0.25) is 0 Å². The van der Waals surface area contributed by atoms with E-state index in [9.17, 15) is 14.3 Å². The maximum Gasteiger partial charge on any atom is 0.407 e. The normalized spacial score (nSPS) is 16.6. The van der Waals surface area contributed by atoms with Crippen LogP contribution in [0.4, 0.5) is 14.9 Å². The van der Waals surface area contributed by atoms with Crippen LogP contribution < -0.4 is 5.32 Å². The summed E-state index contributed by atoms with van der Waals surface area (Å²) < 4.78 is 24.6. The number of amidine groups is 2. The molecule has 2 aromatic carbocycles. The molecular formula is C25H31FN4O4. The quantitative estimate of drug-likeness (QED) is 0.362. The zero-order valence-corrected chi connectivity index (χ0v) is 19.8. The van der Waals surface area contributed by atoms with Crippen molar-refractivity contribution in [3.05, 3.63) is 59.4 Å². The highest BCUT2D eigenvalue weighted by atomic mass is 19.1. The predicted molar refractivity (Wildman–Crippen MR) is 129 cm³/mol. The lowest BCUT2D eigenvalue weighted by Gasteiger charge is -2.19. The van der Waals surface area contributed by atoms with Gasteiger partial charge in [-0.15, -0.1) is 0 Å². The van der Waals surface area contributed by atoms with Gasteiger partial charge in [-0.2, -0.15) is 0 Å². The highest BCUT2D eigenvalue weighted by Crippen LogP contribution is 2.25. The number of carbonyl (C=O) groups excluding carboxylic acids is 1. The fraction of sp³-hybridized carbons (Fsp3) is 0.400. The number of phenolic OH excluding ortho intramolecular Hbond substituents is 1. The largest absolute Gasteiger partial charge is 0.507 e. The van der Waals surface area contributed by atoms with Crippen molar-refractivity contribution < 1.29 is 23.8 Å². The van der Waals surface area contributed by atoms with Gasteiger partial charge in [0.05, 0.1) is 17.9 Å². The van der Waals surface area contributed by atoms with Gasteiger partial charge in [-0.3, -0.25) is 0 Å². The van der Waals surface area contributed by atoms with Crippen LogP contribution in [-0.4, -0.2) is 67.7 Å². The number of halogens is 1. The van der Waals surface area contributed by atoms with Crippen LogP contribution in [0.2, 0.25) is 0 Å². The predicted octanol–water partition coefficient (Wildman–Crippen LogP) is 4.03. The van der Waals surface area contributed by atoms with E-state index >= 15 is 0 Å². The van der Waals surface area contributed by atoms with Crippen molar-refractivity contribution in [3.63, 3.8) is 0 Å². The molecule has 1 aliphatic heterocycles. The number of alkyl carbamates (subject to hydrolysis) is 1. The standard InChI is InChI=1S/C25H31FN4O4/c1-17-6-4-7-20(14-17)29-24(23-21(26)8-5-9-22(23)31)28-18(2)30-11-10-19(16-30)15-27-25(32)34-13-12-33-3/h4-9,14,19,31H,10-13,15-16H2,1-3H3,(H,27,32)/b28-18+,29-24-/t19-/m0/s1. The van der Waals surface area contributed by atoms with Crippen molar-refractivity contribution in [1.82, 2.24) is 10.2 Å². The minimum atomic E-state index is -0.599. The molecule has 1 aliphatic rings. The van der Waals surface area contributed by atoms with Crippen LogP contribution in [0.5, 0.6) is 5.75 Å². The molecule has 0 unspecified atom stereocenters. The van der Waals surface area contributed by atoms with Crippen LogP contribution in [0, 0.1) is 18.7 Å². The first-order valence-corrected chi connectivity index (χ1v) is 11.2. The Morgan fingerprint density at radius 3 is 2.79 bits per heavy atom. The molecule has 0 radical (unpaired) electrons. The number of aliphatic imine (C=N–C) groups is 2. The molecule has 3 rings (SSSR count). The topological polar surface area (TPSA) is 95.8 Å². The third-order valence-electron chi connectivity index (χ3n) is 5.52. The maximum atomic E-state index is 14.7. The zero-order valence-electron chi connectivity index (χ0n) is 19.8. The van der Waals surface area contributed by atoms with Crippen LogP contribution in [0.25, 0.3) is 0 Å². The van der Waals surface area contributed by atoms with Gasteiger partial charge in [0.15, 0.2) is 5.84 Å². The molecule has 34 heavy (non-hydrogen) atoms. The van der Waals surface area contributed by atoms with Crippen LogP contribution in [0.1, 0.15) is 24.5 Å². The number of carbonyl (C=O) groups is 1. The van der Waals surface area contributed by atoms with Crippen LogP contribution >= 0.6 is 0 Å². The number of nitrogens with one attached hydrogen (secondary N) is 1. The van der Waals surface area contributed by atoms with Gasteiger partial charge in [-0.05, 0) is 56.0 Å². The molecule has 2 aromatic rings. The van der Waals surface area contributed by atoms with Crippen molar-refractivity contribution in [3.8, 4) is 5.75 Å². The Morgan fingerprint density at radius 1 is 1.26 bits per heavy atom. The smallest absolute Gasteiger partial charge is 0.407 e. The van der Waals surface area contributed by atoms with Gasteiger partial charge in [0.1, 0.15) is 24.0 Å². The van der Waals surface area contributed by atoms with Crippen molar-refractivity contribution in [1.29, 1.82) is 0 Å². The third-order valence-corrected chi connectivity index (χ3v) is 5.52. The summed E-state index contributed by atoms with van der Waals surface area (Å²) in [5.74, 6) is 0.150. The Kier molecular flexibility index (Phi) is 8.98. The molecule has 1 heterocycles. The average molecular weight is 471 g/mol. The summed E-state index contributed by atoms with van der Waals surface area (Å²) in [4.78, 5) is 23.0. The molecular weight excluding hydrogens is 439 g/mol.